The molecule has 0 saturated carbocycles. The number of rotatable bonds is 5. The Balaban J connectivity index is 2.06. The molecule has 0 spiro atoms. The second kappa shape index (κ2) is 6.60. The maximum Gasteiger partial charge on any atom is 0.170 e. The molecule has 0 aromatic heterocycles. The third-order valence-corrected chi connectivity index (χ3v) is 3.01. The molecule has 0 aliphatic rings. The molecule has 0 fully saturated rings. The molecule has 21 heavy (non-hydrogen) atoms. The minimum atomic E-state index is -0.343. The normalized spacial score (nSPS) is 11.2. The average Bonchev–Trinajstić information content (AvgIpc) is 2.54. The summed E-state index contributed by atoms with van der Waals surface area (Å²) in [5, 5.41) is 14.5. The number of halogens is 1. The maximum absolute atomic E-state index is 13.6. The Kier molecular flexibility index (Phi) is 4.61. The zero-order valence-corrected chi connectivity index (χ0v) is 11.5. The van der Waals surface area contributed by atoms with Gasteiger partial charge >= 0.3 is 0 Å². The Morgan fingerprint density at radius 3 is 2.62 bits per heavy atom. The van der Waals surface area contributed by atoms with E-state index in [0.717, 1.165) is 5.56 Å². The van der Waals surface area contributed by atoms with E-state index in [1.807, 2.05) is 12.1 Å². The number of benzene rings is 2. The lowest BCUT2D eigenvalue weighted by Gasteiger charge is -2.10. The standard InChI is InChI=1S/C15H16FN3O2/c1-21-12-6-7-13(16)14(8-12)18-9-10-2-4-11(5-3-10)15(17)19-20/h2-8,18,20H,9H2,1H3,(H2,17,19). The van der Waals surface area contributed by atoms with Crippen LogP contribution in [0, 0.1) is 5.82 Å². The number of nitrogens with two attached hydrogens (primary N) is 1. The van der Waals surface area contributed by atoms with Crippen molar-refractivity contribution in [1.82, 2.24) is 0 Å². The molecule has 2 aromatic carbocycles. The average molecular weight is 289 g/mol. The van der Waals surface area contributed by atoms with Gasteiger partial charge in [0.1, 0.15) is 11.6 Å². The van der Waals surface area contributed by atoms with Gasteiger partial charge in [-0.2, -0.15) is 0 Å². The van der Waals surface area contributed by atoms with E-state index in [1.165, 1.54) is 13.2 Å². The van der Waals surface area contributed by atoms with Crippen LogP contribution in [0.25, 0.3) is 0 Å². The number of hydrogen-bond donors (Lipinski definition) is 3. The zero-order valence-electron chi connectivity index (χ0n) is 11.5. The summed E-state index contributed by atoms with van der Waals surface area (Å²) in [6.45, 7) is 0.445. The minimum Gasteiger partial charge on any atom is -0.497 e. The molecule has 0 radical (unpaired) electrons. The molecular formula is C15H16FN3O2. The van der Waals surface area contributed by atoms with Crippen molar-refractivity contribution in [3.05, 3.63) is 59.4 Å². The number of anilines is 1. The van der Waals surface area contributed by atoms with Gasteiger partial charge in [-0.3, -0.25) is 0 Å². The first-order valence-electron chi connectivity index (χ1n) is 6.28. The minimum absolute atomic E-state index is 0.0494. The summed E-state index contributed by atoms with van der Waals surface area (Å²) in [5.74, 6) is 0.290. The highest BCUT2D eigenvalue weighted by Crippen LogP contribution is 2.21. The van der Waals surface area contributed by atoms with E-state index in [1.54, 1.807) is 24.3 Å². The van der Waals surface area contributed by atoms with Gasteiger partial charge in [-0.1, -0.05) is 29.4 Å². The van der Waals surface area contributed by atoms with Crippen LogP contribution in [-0.2, 0) is 6.54 Å². The summed E-state index contributed by atoms with van der Waals surface area (Å²) in [4.78, 5) is 0. The second-order valence-electron chi connectivity index (χ2n) is 4.38. The molecule has 110 valence electrons. The Labute approximate surface area is 121 Å². The van der Waals surface area contributed by atoms with Crippen molar-refractivity contribution in [3.8, 4) is 5.75 Å². The number of hydrogen-bond acceptors (Lipinski definition) is 4. The molecule has 0 aliphatic heterocycles. The number of amidine groups is 1. The lowest BCUT2D eigenvalue weighted by molar-refractivity contribution is 0.318. The Morgan fingerprint density at radius 2 is 2.00 bits per heavy atom. The van der Waals surface area contributed by atoms with Gasteiger partial charge in [0.2, 0.25) is 0 Å². The van der Waals surface area contributed by atoms with Crippen molar-refractivity contribution in [1.29, 1.82) is 0 Å². The molecule has 0 aliphatic carbocycles. The molecule has 2 aromatic rings. The summed E-state index contributed by atoms with van der Waals surface area (Å²) >= 11 is 0. The lowest BCUT2D eigenvalue weighted by atomic mass is 10.1. The number of ether oxygens (including phenoxy) is 1. The number of oxime groups is 1. The van der Waals surface area contributed by atoms with Gasteiger partial charge in [0.25, 0.3) is 0 Å². The highest BCUT2D eigenvalue weighted by molar-refractivity contribution is 5.96. The fourth-order valence-electron chi connectivity index (χ4n) is 1.82. The maximum atomic E-state index is 13.6. The SMILES string of the molecule is COc1ccc(F)c(NCc2ccc(/C(N)=N/O)cc2)c1. The molecule has 0 unspecified atom stereocenters. The molecule has 0 saturated heterocycles. The number of nitrogens with one attached hydrogen (secondary N) is 1. The topological polar surface area (TPSA) is 79.9 Å². The van der Waals surface area contributed by atoms with Crippen molar-refractivity contribution >= 4 is 11.5 Å². The summed E-state index contributed by atoms with van der Waals surface area (Å²) in [6, 6.07) is 11.6. The molecule has 0 amide bonds. The van der Waals surface area contributed by atoms with Crippen LogP contribution in [0.4, 0.5) is 10.1 Å². The first kappa shape index (κ1) is 14.6. The van der Waals surface area contributed by atoms with Crippen molar-refractivity contribution in [2.24, 2.45) is 10.9 Å². The van der Waals surface area contributed by atoms with Crippen LogP contribution >= 0.6 is 0 Å². The smallest absolute Gasteiger partial charge is 0.170 e. The second-order valence-corrected chi connectivity index (χ2v) is 4.38. The predicted molar refractivity (Wildman–Crippen MR) is 79.2 cm³/mol. The Bertz CT molecular complexity index is 642. The van der Waals surface area contributed by atoms with Crippen molar-refractivity contribution < 1.29 is 14.3 Å². The predicted octanol–water partition coefficient (Wildman–Crippen LogP) is 2.54. The molecule has 5 nitrogen and oxygen atoms in total. The van der Waals surface area contributed by atoms with Crippen LogP contribution in [0.5, 0.6) is 5.75 Å². The molecular weight excluding hydrogens is 273 g/mol. The molecule has 6 heteroatoms. The fourth-order valence-corrected chi connectivity index (χ4v) is 1.82. The third kappa shape index (κ3) is 3.62. The van der Waals surface area contributed by atoms with Crippen molar-refractivity contribution in [2.75, 3.05) is 12.4 Å². The Hall–Kier alpha value is -2.76. The molecule has 0 atom stereocenters. The van der Waals surface area contributed by atoms with Crippen LogP contribution in [0.2, 0.25) is 0 Å². The quantitative estimate of drug-likeness (QED) is 0.342. The summed E-state index contributed by atoms with van der Waals surface area (Å²) in [5.41, 5.74) is 7.41. The zero-order chi connectivity index (χ0) is 15.2. The van der Waals surface area contributed by atoms with Crippen LogP contribution in [-0.4, -0.2) is 18.2 Å². The van der Waals surface area contributed by atoms with Crippen LogP contribution in [0.15, 0.2) is 47.6 Å². The van der Waals surface area contributed by atoms with E-state index >= 15 is 0 Å². The van der Waals surface area contributed by atoms with Crippen molar-refractivity contribution in [2.45, 2.75) is 6.54 Å². The van der Waals surface area contributed by atoms with Gasteiger partial charge in [0.05, 0.1) is 12.8 Å². The van der Waals surface area contributed by atoms with E-state index in [4.69, 9.17) is 15.7 Å². The van der Waals surface area contributed by atoms with Gasteiger partial charge in [0, 0.05) is 18.2 Å². The largest absolute Gasteiger partial charge is 0.497 e. The van der Waals surface area contributed by atoms with E-state index in [9.17, 15) is 4.39 Å². The van der Waals surface area contributed by atoms with Crippen LogP contribution < -0.4 is 15.8 Å². The summed E-state index contributed by atoms with van der Waals surface area (Å²) in [7, 11) is 1.53. The number of nitrogens with zero attached hydrogens (tertiary/aromatic N) is 1. The molecule has 2 rings (SSSR count). The summed E-state index contributed by atoms with van der Waals surface area (Å²) < 4.78 is 18.7. The van der Waals surface area contributed by atoms with Gasteiger partial charge in [0.15, 0.2) is 5.84 Å². The molecule has 0 bridgehead atoms. The highest BCUT2D eigenvalue weighted by Gasteiger charge is 2.04. The lowest BCUT2D eigenvalue weighted by Crippen LogP contribution is -2.13. The third-order valence-electron chi connectivity index (χ3n) is 3.01. The monoisotopic (exact) mass is 289 g/mol. The van der Waals surface area contributed by atoms with E-state index < -0.39 is 0 Å². The van der Waals surface area contributed by atoms with Crippen molar-refractivity contribution in [3.63, 3.8) is 0 Å². The van der Waals surface area contributed by atoms with Crippen LogP contribution in [0.1, 0.15) is 11.1 Å². The van der Waals surface area contributed by atoms with Gasteiger partial charge in [-0.25, -0.2) is 4.39 Å². The van der Waals surface area contributed by atoms with Gasteiger partial charge in [-0.05, 0) is 17.7 Å². The van der Waals surface area contributed by atoms with E-state index in [2.05, 4.69) is 10.5 Å². The highest BCUT2D eigenvalue weighted by atomic mass is 19.1. The fraction of sp³-hybridized carbons (Fsp3) is 0.133. The van der Waals surface area contributed by atoms with E-state index in [0.29, 0.717) is 23.5 Å². The Morgan fingerprint density at radius 1 is 1.29 bits per heavy atom. The molecule has 4 N–H and O–H groups in total. The van der Waals surface area contributed by atoms with Crippen LogP contribution in [0.3, 0.4) is 0 Å². The number of methoxy groups -OCH3 is 1. The van der Waals surface area contributed by atoms with Gasteiger partial charge < -0.3 is 21.0 Å². The first-order chi connectivity index (χ1) is 10.1. The summed E-state index contributed by atoms with van der Waals surface area (Å²) in [6.07, 6.45) is 0. The van der Waals surface area contributed by atoms with E-state index in [-0.39, 0.29) is 11.7 Å². The van der Waals surface area contributed by atoms with Gasteiger partial charge in [-0.15, -0.1) is 0 Å². The first-order valence-corrected chi connectivity index (χ1v) is 6.28. The molecule has 0 heterocycles.